The second kappa shape index (κ2) is 5.22. The first-order valence-electron chi connectivity index (χ1n) is 5.89. The molecule has 1 aromatic rings. The lowest BCUT2D eigenvalue weighted by atomic mass is 10.1. The van der Waals surface area contributed by atoms with Gasteiger partial charge >= 0.3 is 0 Å². The predicted molar refractivity (Wildman–Crippen MR) is 69.7 cm³/mol. The summed E-state index contributed by atoms with van der Waals surface area (Å²) in [6.07, 6.45) is 1.07. The Morgan fingerprint density at radius 2 is 2.39 bits per heavy atom. The minimum Gasteiger partial charge on any atom is -0.393 e. The summed E-state index contributed by atoms with van der Waals surface area (Å²) in [5, 5.41) is 10.7. The van der Waals surface area contributed by atoms with E-state index in [-0.39, 0.29) is 11.4 Å². The third-order valence-electron chi connectivity index (χ3n) is 3.26. The van der Waals surface area contributed by atoms with Gasteiger partial charge in [0.2, 0.25) is 0 Å². The van der Waals surface area contributed by atoms with E-state index in [1.165, 1.54) is 6.07 Å². The molecule has 1 fully saturated rings. The van der Waals surface area contributed by atoms with Gasteiger partial charge in [0.15, 0.2) is 0 Å². The summed E-state index contributed by atoms with van der Waals surface area (Å²) in [5.41, 5.74) is 6.81. The van der Waals surface area contributed by atoms with E-state index in [1.807, 2.05) is 0 Å². The maximum absolute atomic E-state index is 10.7. The molecule has 0 aliphatic carbocycles. The number of methoxy groups -OCH3 is 1. The summed E-state index contributed by atoms with van der Waals surface area (Å²) in [4.78, 5) is 12.4. The molecule has 18 heavy (non-hydrogen) atoms. The molecule has 0 spiro atoms. The molecule has 1 aromatic carbocycles. The van der Waals surface area contributed by atoms with Gasteiger partial charge in [0.25, 0.3) is 5.69 Å². The molecule has 98 valence electrons. The zero-order valence-corrected chi connectivity index (χ0v) is 10.3. The molecule has 0 saturated carbocycles. The number of rotatable bonds is 4. The molecular formula is C12H17N3O3. The van der Waals surface area contributed by atoms with Crippen LogP contribution in [0.3, 0.4) is 0 Å². The average molecular weight is 251 g/mol. The van der Waals surface area contributed by atoms with Gasteiger partial charge in [-0.3, -0.25) is 10.1 Å². The van der Waals surface area contributed by atoms with Crippen molar-refractivity contribution in [1.29, 1.82) is 0 Å². The minimum absolute atomic E-state index is 0.0358. The third kappa shape index (κ3) is 2.53. The second-order valence-corrected chi connectivity index (χ2v) is 4.56. The molecule has 0 radical (unpaired) electrons. The first-order chi connectivity index (χ1) is 8.61. The molecule has 1 saturated heterocycles. The molecular weight excluding hydrogens is 234 g/mol. The molecule has 1 aliphatic heterocycles. The van der Waals surface area contributed by atoms with Crippen LogP contribution in [-0.2, 0) is 4.74 Å². The van der Waals surface area contributed by atoms with Gasteiger partial charge < -0.3 is 15.4 Å². The zero-order chi connectivity index (χ0) is 13.1. The average Bonchev–Trinajstić information content (AvgIpc) is 2.77. The zero-order valence-electron chi connectivity index (χ0n) is 10.3. The van der Waals surface area contributed by atoms with Gasteiger partial charge in [-0.05, 0) is 18.6 Å². The van der Waals surface area contributed by atoms with Gasteiger partial charge in [-0.15, -0.1) is 0 Å². The maximum atomic E-state index is 10.7. The second-order valence-electron chi connectivity index (χ2n) is 4.56. The van der Waals surface area contributed by atoms with Gasteiger partial charge in [-0.2, -0.15) is 0 Å². The van der Waals surface area contributed by atoms with Gasteiger partial charge in [0, 0.05) is 37.9 Å². The lowest BCUT2D eigenvalue weighted by molar-refractivity contribution is -0.383. The highest BCUT2D eigenvalue weighted by Gasteiger charge is 2.23. The van der Waals surface area contributed by atoms with Crippen molar-refractivity contribution in [3.8, 4) is 0 Å². The Hall–Kier alpha value is -1.82. The number of nitro benzene ring substituents is 1. The molecule has 1 unspecified atom stereocenters. The number of ether oxygens (including phenoxy) is 1. The van der Waals surface area contributed by atoms with Crippen LogP contribution in [0.5, 0.6) is 0 Å². The van der Waals surface area contributed by atoms with Crippen LogP contribution in [0.15, 0.2) is 18.2 Å². The topological polar surface area (TPSA) is 81.6 Å². The van der Waals surface area contributed by atoms with Gasteiger partial charge in [-0.25, -0.2) is 0 Å². The molecule has 0 aromatic heterocycles. The van der Waals surface area contributed by atoms with Crippen molar-refractivity contribution in [2.75, 3.05) is 37.4 Å². The Kier molecular flexibility index (Phi) is 3.66. The van der Waals surface area contributed by atoms with E-state index in [0.29, 0.717) is 5.92 Å². The van der Waals surface area contributed by atoms with E-state index >= 15 is 0 Å². The van der Waals surface area contributed by atoms with Gasteiger partial charge in [0.05, 0.1) is 11.5 Å². The number of hydrogen-bond acceptors (Lipinski definition) is 5. The van der Waals surface area contributed by atoms with Gasteiger partial charge in [-0.1, -0.05) is 0 Å². The highest BCUT2D eigenvalue weighted by molar-refractivity contribution is 5.66. The lowest BCUT2D eigenvalue weighted by Gasteiger charge is -2.18. The van der Waals surface area contributed by atoms with E-state index in [1.54, 1.807) is 19.2 Å². The van der Waals surface area contributed by atoms with Crippen molar-refractivity contribution in [1.82, 2.24) is 0 Å². The summed E-state index contributed by atoms with van der Waals surface area (Å²) in [6.45, 7) is 2.59. The Morgan fingerprint density at radius 3 is 3.00 bits per heavy atom. The fourth-order valence-electron chi connectivity index (χ4n) is 2.34. The number of nitrogens with two attached hydrogens (primary N) is 1. The van der Waals surface area contributed by atoms with E-state index in [9.17, 15) is 10.1 Å². The number of anilines is 2. The summed E-state index contributed by atoms with van der Waals surface area (Å²) in [7, 11) is 1.70. The molecule has 1 aliphatic rings. The molecule has 6 heteroatoms. The van der Waals surface area contributed by atoms with Crippen molar-refractivity contribution in [2.24, 2.45) is 5.92 Å². The highest BCUT2D eigenvalue weighted by Crippen LogP contribution is 2.30. The molecule has 1 heterocycles. The minimum atomic E-state index is -0.461. The van der Waals surface area contributed by atoms with E-state index in [4.69, 9.17) is 10.5 Å². The smallest absolute Gasteiger partial charge is 0.292 e. The van der Waals surface area contributed by atoms with Crippen LogP contribution in [0.2, 0.25) is 0 Å². The fourth-order valence-corrected chi connectivity index (χ4v) is 2.34. The molecule has 0 bridgehead atoms. The maximum Gasteiger partial charge on any atom is 0.292 e. The predicted octanol–water partition coefficient (Wildman–Crippen LogP) is 1.65. The van der Waals surface area contributed by atoms with E-state index in [2.05, 4.69) is 4.90 Å². The van der Waals surface area contributed by atoms with Crippen LogP contribution < -0.4 is 10.6 Å². The van der Waals surface area contributed by atoms with Crippen LogP contribution >= 0.6 is 0 Å². The van der Waals surface area contributed by atoms with Crippen molar-refractivity contribution in [3.63, 3.8) is 0 Å². The molecule has 0 amide bonds. The standard InChI is InChI=1S/C12H17N3O3/c1-18-8-9-4-5-14(7-9)10-2-3-12(15(16)17)11(13)6-10/h2-3,6,9H,4-5,7-8,13H2,1H3. The monoisotopic (exact) mass is 251 g/mol. The van der Waals surface area contributed by atoms with Crippen molar-refractivity contribution in [3.05, 3.63) is 28.3 Å². The van der Waals surface area contributed by atoms with Crippen molar-refractivity contribution < 1.29 is 9.66 Å². The molecule has 1 atom stereocenters. The van der Waals surface area contributed by atoms with E-state index < -0.39 is 4.92 Å². The van der Waals surface area contributed by atoms with Gasteiger partial charge in [0.1, 0.15) is 5.69 Å². The Morgan fingerprint density at radius 1 is 1.61 bits per heavy atom. The van der Waals surface area contributed by atoms with Crippen LogP contribution in [0.1, 0.15) is 6.42 Å². The van der Waals surface area contributed by atoms with Crippen LogP contribution in [0.4, 0.5) is 17.1 Å². The first kappa shape index (κ1) is 12.6. The largest absolute Gasteiger partial charge is 0.393 e. The molecule has 6 nitrogen and oxygen atoms in total. The Bertz CT molecular complexity index is 450. The number of benzene rings is 1. The lowest BCUT2D eigenvalue weighted by Crippen LogP contribution is -2.21. The number of nitrogen functional groups attached to an aromatic ring is 1. The summed E-state index contributed by atoms with van der Waals surface area (Å²) < 4.78 is 5.14. The molecule has 2 rings (SSSR count). The number of hydrogen-bond donors (Lipinski definition) is 1. The molecule has 2 N–H and O–H groups in total. The summed E-state index contributed by atoms with van der Waals surface area (Å²) >= 11 is 0. The summed E-state index contributed by atoms with van der Waals surface area (Å²) in [6, 6.07) is 4.89. The number of nitrogens with zero attached hydrogens (tertiary/aromatic N) is 2. The van der Waals surface area contributed by atoms with Crippen molar-refractivity contribution >= 4 is 17.1 Å². The third-order valence-corrected chi connectivity index (χ3v) is 3.26. The van der Waals surface area contributed by atoms with Crippen LogP contribution in [0.25, 0.3) is 0 Å². The highest BCUT2D eigenvalue weighted by atomic mass is 16.6. The SMILES string of the molecule is COCC1CCN(c2ccc([N+](=O)[O-])c(N)c2)C1. The summed E-state index contributed by atoms with van der Waals surface area (Å²) in [5.74, 6) is 0.520. The van der Waals surface area contributed by atoms with Crippen LogP contribution in [-0.4, -0.2) is 31.7 Å². The van der Waals surface area contributed by atoms with Crippen molar-refractivity contribution in [2.45, 2.75) is 6.42 Å². The first-order valence-corrected chi connectivity index (χ1v) is 5.89. The fraction of sp³-hybridized carbons (Fsp3) is 0.500. The quantitative estimate of drug-likeness (QED) is 0.500. The number of nitro groups is 1. The van der Waals surface area contributed by atoms with E-state index in [0.717, 1.165) is 31.8 Å². The Balaban J connectivity index is 2.11. The Labute approximate surface area is 105 Å². The normalized spacial score (nSPS) is 19.2. The van der Waals surface area contributed by atoms with Crippen LogP contribution in [0, 0.1) is 16.0 Å².